The van der Waals surface area contributed by atoms with Crippen LogP contribution in [0.1, 0.15) is 37.7 Å². The van der Waals surface area contributed by atoms with Gasteiger partial charge in [-0.2, -0.15) is 0 Å². The van der Waals surface area contributed by atoms with Crippen molar-refractivity contribution in [2.75, 3.05) is 5.32 Å². The zero-order valence-electron chi connectivity index (χ0n) is 14.3. The molecule has 2 aliphatic rings. The van der Waals surface area contributed by atoms with Gasteiger partial charge in [0.1, 0.15) is 11.6 Å². The van der Waals surface area contributed by atoms with Gasteiger partial charge in [-0.05, 0) is 31.0 Å². The number of nitrogens with zero attached hydrogens (tertiary/aromatic N) is 1. The van der Waals surface area contributed by atoms with E-state index in [-0.39, 0.29) is 5.54 Å². The Bertz CT molecular complexity index is 781. The molecule has 0 bridgehead atoms. The highest BCUT2D eigenvalue weighted by atomic mass is 16.3. The van der Waals surface area contributed by atoms with E-state index in [1.54, 1.807) is 6.07 Å². The summed E-state index contributed by atoms with van der Waals surface area (Å²) in [6.45, 7) is 0.531. The van der Waals surface area contributed by atoms with E-state index in [0.29, 0.717) is 12.3 Å². The Hall–Kier alpha value is -2.53. The Kier molecular flexibility index (Phi) is 4.32. The molecule has 1 heterocycles. The molecule has 25 heavy (non-hydrogen) atoms. The zero-order chi connectivity index (χ0) is 17.1. The van der Waals surface area contributed by atoms with Gasteiger partial charge in [-0.1, -0.05) is 49.6 Å². The van der Waals surface area contributed by atoms with Crippen molar-refractivity contribution in [2.24, 2.45) is 4.99 Å². The number of benzene rings is 2. The molecule has 4 rings (SSSR count). The molecule has 0 radical (unpaired) electrons. The van der Waals surface area contributed by atoms with Crippen molar-refractivity contribution in [3.8, 4) is 5.75 Å². The normalized spacial score (nSPS) is 18.2. The average molecular weight is 336 g/mol. The summed E-state index contributed by atoms with van der Waals surface area (Å²) in [5.41, 5.74) is 9.36. The molecule has 5 nitrogen and oxygen atoms in total. The number of phenols is 1. The maximum atomic E-state index is 9.91. The van der Waals surface area contributed by atoms with Crippen LogP contribution in [0, 0.1) is 0 Å². The number of fused-ring (bicyclic) bond motifs is 1. The average Bonchev–Trinajstić information content (AvgIpc) is 2.64. The van der Waals surface area contributed by atoms with Crippen molar-refractivity contribution in [1.82, 2.24) is 10.9 Å². The molecule has 2 aromatic rings. The van der Waals surface area contributed by atoms with Crippen LogP contribution in [-0.4, -0.2) is 16.5 Å². The van der Waals surface area contributed by atoms with Gasteiger partial charge in [0.05, 0.1) is 16.9 Å². The minimum absolute atomic E-state index is 0.127. The van der Waals surface area contributed by atoms with Crippen LogP contribution >= 0.6 is 0 Å². The number of aliphatic imine (C=N–C) groups is 1. The second-order valence-corrected chi connectivity index (χ2v) is 6.85. The predicted molar refractivity (Wildman–Crippen MR) is 101 cm³/mol. The fourth-order valence-electron chi connectivity index (χ4n) is 3.77. The van der Waals surface area contributed by atoms with E-state index in [0.717, 1.165) is 35.6 Å². The third-order valence-corrected chi connectivity index (χ3v) is 5.15. The first-order valence-corrected chi connectivity index (χ1v) is 8.99. The van der Waals surface area contributed by atoms with Crippen molar-refractivity contribution >= 4 is 17.2 Å². The van der Waals surface area contributed by atoms with Crippen molar-refractivity contribution in [3.05, 3.63) is 54.1 Å². The molecule has 2 aromatic carbocycles. The van der Waals surface area contributed by atoms with E-state index in [1.165, 1.54) is 19.3 Å². The second-order valence-electron chi connectivity index (χ2n) is 6.85. The van der Waals surface area contributed by atoms with E-state index in [1.807, 2.05) is 36.4 Å². The molecule has 1 aliphatic heterocycles. The topological polar surface area (TPSA) is 68.7 Å². The summed E-state index contributed by atoms with van der Waals surface area (Å²) in [6, 6.07) is 15.6. The van der Waals surface area contributed by atoms with Crippen molar-refractivity contribution in [2.45, 2.75) is 44.2 Å². The largest absolute Gasteiger partial charge is 0.508 e. The summed E-state index contributed by atoms with van der Waals surface area (Å²) in [4.78, 5) is 4.89. The van der Waals surface area contributed by atoms with E-state index in [4.69, 9.17) is 4.99 Å². The van der Waals surface area contributed by atoms with Crippen molar-refractivity contribution in [3.63, 3.8) is 0 Å². The quantitative estimate of drug-likeness (QED) is 0.643. The summed E-state index contributed by atoms with van der Waals surface area (Å²) in [7, 11) is 0. The Balaban J connectivity index is 1.54. The van der Waals surface area contributed by atoms with Gasteiger partial charge in [0.25, 0.3) is 0 Å². The standard InChI is InChI=1S/C20H24N4O/c25-18-11-5-2-8-15(18)14-21-24-19-20(12-6-1-7-13-20)23-17-10-4-3-9-16(17)22-19/h2-5,8-11,21,23,25H,1,6-7,12-14H2,(H,22,24). The molecular formula is C20H24N4O. The lowest BCUT2D eigenvalue weighted by molar-refractivity contribution is 0.391. The molecule has 1 saturated carbocycles. The van der Waals surface area contributed by atoms with Crippen LogP contribution in [0.2, 0.25) is 0 Å². The minimum Gasteiger partial charge on any atom is -0.508 e. The van der Waals surface area contributed by atoms with Crippen molar-refractivity contribution in [1.29, 1.82) is 0 Å². The van der Waals surface area contributed by atoms with Gasteiger partial charge < -0.3 is 15.8 Å². The monoisotopic (exact) mass is 336 g/mol. The molecule has 0 aromatic heterocycles. The lowest BCUT2D eigenvalue weighted by Gasteiger charge is -2.42. The molecule has 5 heteroatoms. The number of amidine groups is 1. The van der Waals surface area contributed by atoms with E-state index in [9.17, 15) is 5.11 Å². The third kappa shape index (κ3) is 3.20. The Morgan fingerprint density at radius 1 is 1.00 bits per heavy atom. The summed E-state index contributed by atoms with van der Waals surface area (Å²) in [5, 5.41) is 13.6. The number of aromatic hydroxyl groups is 1. The first-order chi connectivity index (χ1) is 12.3. The molecule has 1 spiro atoms. The number of nitrogens with one attached hydrogen (secondary N) is 3. The van der Waals surface area contributed by atoms with Crippen LogP contribution in [0.25, 0.3) is 0 Å². The fraction of sp³-hybridized carbons (Fsp3) is 0.350. The molecule has 130 valence electrons. The summed E-state index contributed by atoms with van der Waals surface area (Å²) in [6.07, 6.45) is 5.84. The van der Waals surface area contributed by atoms with E-state index >= 15 is 0 Å². The number of hydrogen-bond acceptors (Lipinski definition) is 5. The van der Waals surface area contributed by atoms with Gasteiger partial charge in [-0.15, -0.1) is 0 Å². The van der Waals surface area contributed by atoms with Crippen LogP contribution < -0.4 is 16.2 Å². The summed E-state index contributed by atoms with van der Waals surface area (Å²) >= 11 is 0. The minimum atomic E-state index is -0.127. The summed E-state index contributed by atoms with van der Waals surface area (Å²) in [5.74, 6) is 1.25. The maximum Gasteiger partial charge on any atom is 0.142 e. The van der Waals surface area contributed by atoms with Gasteiger partial charge in [-0.3, -0.25) is 0 Å². The van der Waals surface area contributed by atoms with Gasteiger partial charge in [-0.25, -0.2) is 10.4 Å². The first-order valence-electron chi connectivity index (χ1n) is 8.99. The fourth-order valence-corrected chi connectivity index (χ4v) is 3.77. The number of hydrogen-bond donors (Lipinski definition) is 4. The number of anilines is 1. The van der Waals surface area contributed by atoms with Crippen LogP contribution in [0.5, 0.6) is 5.75 Å². The van der Waals surface area contributed by atoms with Crippen molar-refractivity contribution < 1.29 is 5.11 Å². The summed E-state index contributed by atoms with van der Waals surface area (Å²) < 4.78 is 0. The highest BCUT2D eigenvalue weighted by Crippen LogP contribution is 2.39. The second kappa shape index (κ2) is 6.76. The number of phenolic OH excluding ortho intramolecular Hbond substituents is 1. The van der Waals surface area contributed by atoms with Gasteiger partial charge in [0.15, 0.2) is 0 Å². The number of hydrazine groups is 1. The van der Waals surface area contributed by atoms with E-state index < -0.39 is 0 Å². The molecule has 4 N–H and O–H groups in total. The Morgan fingerprint density at radius 3 is 2.60 bits per heavy atom. The van der Waals surface area contributed by atoms with Gasteiger partial charge in [0.2, 0.25) is 0 Å². The lowest BCUT2D eigenvalue weighted by atomic mass is 9.79. The first kappa shape index (κ1) is 16.0. The molecule has 0 unspecified atom stereocenters. The zero-order valence-corrected chi connectivity index (χ0v) is 14.3. The van der Waals surface area contributed by atoms with Crippen LogP contribution in [0.4, 0.5) is 11.4 Å². The third-order valence-electron chi connectivity index (χ3n) is 5.15. The number of para-hydroxylation sites is 3. The Morgan fingerprint density at radius 2 is 1.76 bits per heavy atom. The predicted octanol–water partition coefficient (Wildman–Crippen LogP) is 3.85. The van der Waals surface area contributed by atoms with Crippen LogP contribution in [-0.2, 0) is 6.54 Å². The van der Waals surface area contributed by atoms with Crippen LogP contribution in [0.3, 0.4) is 0 Å². The molecule has 0 saturated heterocycles. The number of rotatable bonds is 3. The van der Waals surface area contributed by atoms with E-state index in [2.05, 4.69) is 22.2 Å². The van der Waals surface area contributed by atoms with Gasteiger partial charge >= 0.3 is 0 Å². The van der Waals surface area contributed by atoms with Gasteiger partial charge in [0, 0.05) is 12.1 Å². The molecule has 0 amide bonds. The molecule has 1 aliphatic carbocycles. The highest BCUT2D eigenvalue weighted by Gasteiger charge is 2.40. The van der Waals surface area contributed by atoms with Crippen LogP contribution in [0.15, 0.2) is 53.5 Å². The lowest BCUT2D eigenvalue weighted by Crippen LogP contribution is -2.57. The molecule has 0 atom stereocenters. The molecule has 1 fully saturated rings. The molecular weight excluding hydrogens is 312 g/mol. The highest BCUT2D eigenvalue weighted by molar-refractivity contribution is 6.00. The Labute approximate surface area is 148 Å². The maximum absolute atomic E-state index is 9.91. The SMILES string of the molecule is Oc1ccccc1CNNC1=Nc2ccccc2NC12CCCCC2. The smallest absolute Gasteiger partial charge is 0.142 e.